The first-order valence-electron chi connectivity index (χ1n) is 4.74. The van der Waals surface area contributed by atoms with Gasteiger partial charge in [-0.25, -0.2) is 0 Å². The van der Waals surface area contributed by atoms with Gasteiger partial charge in [-0.1, -0.05) is 29.3 Å². The van der Waals surface area contributed by atoms with Crippen LogP contribution in [0.2, 0.25) is 10.0 Å². The second-order valence-electron chi connectivity index (χ2n) is 3.44. The molecule has 0 bridgehead atoms. The summed E-state index contributed by atoms with van der Waals surface area (Å²) >= 11 is 11.7. The molecule has 1 atom stereocenters. The molecule has 1 nitrogen and oxygen atoms in total. The van der Waals surface area contributed by atoms with Crippen LogP contribution in [0.1, 0.15) is 18.9 Å². The first kappa shape index (κ1) is 12.4. The van der Waals surface area contributed by atoms with Crippen LogP contribution in [0.25, 0.3) is 0 Å². The van der Waals surface area contributed by atoms with Crippen LogP contribution in [-0.2, 0) is 6.54 Å². The predicted molar refractivity (Wildman–Crippen MR) is 66.2 cm³/mol. The summed E-state index contributed by atoms with van der Waals surface area (Å²) in [5.74, 6) is 2.61. The standard InChI is InChI=1S/C12H13Cl2N/c1-3-4-9(2)15-8-10-5-6-11(13)12(14)7-10/h1,5-7,9,15H,4,8H2,2H3. The van der Waals surface area contributed by atoms with Crippen molar-refractivity contribution in [2.24, 2.45) is 0 Å². The number of hydrogen-bond acceptors (Lipinski definition) is 1. The smallest absolute Gasteiger partial charge is 0.0595 e. The molecular formula is C12H13Cl2N. The van der Waals surface area contributed by atoms with Gasteiger partial charge in [0.05, 0.1) is 10.0 Å². The van der Waals surface area contributed by atoms with Crippen molar-refractivity contribution in [3.63, 3.8) is 0 Å². The van der Waals surface area contributed by atoms with Crippen molar-refractivity contribution in [2.45, 2.75) is 25.9 Å². The summed E-state index contributed by atoms with van der Waals surface area (Å²) < 4.78 is 0. The maximum absolute atomic E-state index is 5.90. The Morgan fingerprint density at radius 3 is 2.73 bits per heavy atom. The molecule has 1 unspecified atom stereocenters. The fraction of sp³-hybridized carbons (Fsp3) is 0.333. The highest BCUT2D eigenvalue weighted by molar-refractivity contribution is 6.42. The van der Waals surface area contributed by atoms with E-state index in [0.717, 1.165) is 18.5 Å². The molecule has 0 radical (unpaired) electrons. The third-order valence-corrected chi connectivity index (χ3v) is 2.80. The van der Waals surface area contributed by atoms with Gasteiger partial charge in [0, 0.05) is 19.0 Å². The van der Waals surface area contributed by atoms with Gasteiger partial charge in [-0.3, -0.25) is 0 Å². The Morgan fingerprint density at radius 1 is 1.40 bits per heavy atom. The van der Waals surface area contributed by atoms with E-state index in [1.165, 1.54) is 0 Å². The van der Waals surface area contributed by atoms with E-state index in [-0.39, 0.29) is 0 Å². The minimum atomic E-state index is 0.310. The molecule has 3 heteroatoms. The molecule has 0 spiro atoms. The number of rotatable bonds is 4. The van der Waals surface area contributed by atoms with Crippen molar-refractivity contribution >= 4 is 23.2 Å². The third-order valence-electron chi connectivity index (χ3n) is 2.06. The lowest BCUT2D eigenvalue weighted by molar-refractivity contribution is 0.559. The van der Waals surface area contributed by atoms with Crippen molar-refractivity contribution in [1.29, 1.82) is 0 Å². The van der Waals surface area contributed by atoms with Crippen molar-refractivity contribution in [3.8, 4) is 12.3 Å². The van der Waals surface area contributed by atoms with Gasteiger partial charge in [-0.05, 0) is 24.6 Å². The molecule has 0 saturated heterocycles. The zero-order chi connectivity index (χ0) is 11.3. The van der Waals surface area contributed by atoms with E-state index >= 15 is 0 Å². The Balaban J connectivity index is 2.51. The zero-order valence-electron chi connectivity index (χ0n) is 8.56. The topological polar surface area (TPSA) is 12.0 Å². The number of halogens is 2. The van der Waals surface area contributed by atoms with Crippen molar-refractivity contribution in [2.75, 3.05) is 0 Å². The number of nitrogens with one attached hydrogen (secondary N) is 1. The number of hydrogen-bond donors (Lipinski definition) is 1. The first-order valence-corrected chi connectivity index (χ1v) is 5.50. The number of benzene rings is 1. The molecule has 0 aromatic heterocycles. The Morgan fingerprint density at radius 2 is 2.13 bits per heavy atom. The predicted octanol–water partition coefficient (Wildman–Crippen LogP) is 3.49. The van der Waals surface area contributed by atoms with E-state index in [4.69, 9.17) is 29.6 Å². The Kier molecular flexibility index (Phi) is 4.98. The molecule has 0 fully saturated rings. The van der Waals surface area contributed by atoms with Gasteiger partial charge in [0.2, 0.25) is 0 Å². The van der Waals surface area contributed by atoms with E-state index in [1.807, 2.05) is 12.1 Å². The van der Waals surface area contributed by atoms with Crippen LogP contribution in [0.3, 0.4) is 0 Å². The molecule has 15 heavy (non-hydrogen) atoms. The molecule has 0 amide bonds. The molecule has 0 aliphatic carbocycles. The quantitative estimate of drug-likeness (QED) is 0.797. The average Bonchev–Trinajstić information content (AvgIpc) is 2.20. The molecule has 80 valence electrons. The highest BCUT2D eigenvalue weighted by Crippen LogP contribution is 2.22. The summed E-state index contributed by atoms with van der Waals surface area (Å²) in [6.45, 7) is 2.80. The van der Waals surface area contributed by atoms with E-state index < -0.39 is 0 Å². The zero-order valence-corrected chi connectivity index (χ0v) is 10.1. The Bertz CT molecular complexity index is 368. The third kappa shape index (κ3) is 4.13. The summed E-state index contributed by atoms with van der Waals surface area (Å²) in [6, 6.07) is 5.92. The summed E-state index contributed by atoms with van der Waals surface area (Å²) in [5.41, 5.74) is 1.10. The molecule has 0 aliphatic heterocycles. The first-order chi connectivity index (χ1) is 7.13. The van der Waals surface area contributed by atoms with Gasteiger partial charge in [-0.2, -0.15) is 0 Å². The van der Waals surface area contributed by atoms with Crippen molar-refractivity contribution < 1.29 is 0 Å². The van der Waals surface area contributed by atoms with E-state index in [1.54, 1.807) is 6.07 Å². The SMILES string of the molecule is C#CCC(C)NCc1ccc(Cl)c(Cl)c1. The average molecular weight is 242 g/mol. The highest BCUT2D eigenvalue weighted by Gasteiger charge is 2.01. The van der Waals surface area contributed by atoms with Crippen LogP contribution in [0.4, 0.5) is 0 Å². The van der Waals surface area contributed by atoms with Crippen LogP contribution < -0.4 is 5.32 Å². The molecule has 0 saturated carbocycles. The molecular weight excluding hydrogens is 229 g/mol. The second kappa shape index (κ2) is 6.02. The fourth-order valence-corrected chi connectivity index (χ4v) is 1.51. The molecule has 1 N–H and O–H groups in total. The van der Waals surface area contributed by atoms with Crippen LogP contribution in [-0.4, -0.2) is 6.04 Å². The van der Waals surface area contributed by atoms with E-state index in [0.29, 0.717) is 16.1 Å². The summed E-state index contributed by atoms with van der Waals surface area (Å²) in [4.78, 5) is 0. The van der Waals surface area contributed by atoms with Crippen LogP contribution in [0.5, 0.6) is 0 Å². The maximum atomic E-state index is 5.90. The Hall–Kier alpha value is -0.680. The largest absolute Gasteiger partial charge is 0.309 e. The molecule has 1 aromatic carbocycles. The Labute approximate surface area is 101 Å². The van der Waals surface area contributed by atoms with E-state index in [2.05, 4.69) is 18.2 Å². The molecule has 1 aromatic rings. The van der Waals surface area contributed by atoms with Gasteiger partial charge in [0.1, 0.15) is 0 Å². The van der Waals surface area contributed by atoms with Gasteiger partial charge < -0.3 is 5.32 Å². The van der Waals surface area contributed by atoms with Gasteiger partial charge in [0.25, 0.3) is 0 Å². The minimum Gasteiger partial charge on any atom is -0.309 e. The molecule has 0 aliphatic rings. The van der Waals surface area contributed by atoms with Crippen LogP contribution in [0.15, 0.2) is 18.2 Å². The summed E-state index contributed by atoms with van der Waals surface area (Å²) in [6.07, 6.45) is 5.94. The second-order valence-corrected chi connectivity index (χ2v) is 4.25. The lowest BCUT2D eigenvalue weighted by Crippen LogP contribution is -2.24. The van der Waals surface area contributed by atoms with Crippen molar-refractivity contribution in [3.05, 3.63) is 33.8 Å². The van der Waals surface area contributed by atoms with Gasteiger partial charge in [-0.15, -0.1) is 12.3 Å². The summed E-state index contributed by atoms with van der Waals surface area (Å²) in [7, 11) is 0. The number of terminal acetylenes is 1. The monoisotopic (exact) mass is 241 g/mol. The lowest BCUT2D eigenvalue weighted by atomic mass is 10.2. The van der Waals surface area contributed by atoms with Gasteiger partial charge >= 0.3 is 0 Å². The molecule has 1 rings (SSSR count). The molecule has 0 heterocycles. The highest BCUT2D eigenvalue weighted by atomic mass is 35.5. The van der Waals surface area contributed by atoms with Crippen molar-refractivity contribution in [1.82, 2.24) is 5.32 Å². The maximum Gasteiger partial charge on any atom is 0.0595 e. The lowest BCUT2D eigenvalue weighted by Gasteiger charge is -2.11. The fourth-order valence-electron chi connectivity index (χ4n) is 1.19. The van der Waals surface area contributed by atoms with E-state index in [9.17, 15) is 0 Å². The summed E-state index contributed by atoms with van der Waals surface area (Å²) in [5, 5.41) is 4.47. The van der Waals surface area contributed by atoms with Gasteiger partial charge in [0.15, 0.2) is 0 Å². The van der Waals surface area contributed by atoms with Crippen LogP contribution in [0, 0.1) is 12.3 Å². The van der Waals surface area contributed by atoms with Crippen LogP contribution >= 0.6 is 23.2 Å². The minimum absolute atomic E-state index is 0.310. The normalized spacial score (nSPS) is 12.1.